The Morgan fingerprint density at radius 2 is 2.00 bits per heavy atom. The van der Waals surface area contributed by atoms with Crippen LogP contribution >= 0.6 is 11.3 Å². The number of amides is 2. The number of furan rings is 1. The summed E-state index contributed by atoms with van der Waals surface area (Å²) in [6, 6.07) is 14.8. The fraction of sp³-hybridized carbons (Fsp3) is 0.200. The van der Waals surface area contributed by atoms with Gasteiger partial charge in [-0.3, -0.25) is 14.5 Å². The van der Waals surface area contributed by atoms with Gasteiger partial charge in [0.1, 0.15) is 18.1 Å². The van der Waals surface area contributed by atoms with E-state index in [2.05, 4.69) is 0 Å². The van der Waals surface area contributed by atoms with Crippen LogP contribution < -0.4 is 9.64 Å². The van der Waals surface area contributed by atoms with Gasteiger partial charge in [0, 0.05) is 4.88 Å². The van der Waals surface area contributed by atoms with Gasteiger partial charge >= 0.3 is 0 Å². The van der Waals surface area contributed by atoms with Gasteiger partial charge in [-0.25, -0.2) is 0 Å². The molecule has 1 aliphatic rings. The van der Waals surface area contributed by atoms with Crippen LogP contribution in [0.4, 0.5) is 5.69 Å². The highest BCUT2D eigenvalue weighted by atomic mass is 32.1. The van der Waals surface area contributed by atoms with E-state index in [0.717, 1.165) is 4.88 Å². The van der Waals surface area contributed by atoms with E-state index < -0.39 is 0 Å². The third-order valence-corrected chi connectivity index (χ3v) is 5.17. The van der Waals surface area contributed by atoms with Crippen LogP contribution in [0.1, 0.15) is 10.6 Å². The maximum atomic E-state index is 13.1. The molecule has 1 aliphatic heterocycles. The van der Waals surface area contributed by atoms with Gasteiger partial charge in [0.2, 0.25) is 5.91 Å². The number of hydrogen-bond acceptors (Lipinski definition) is 5. The average Bonchev–Trinajstić information content (AvgIpc) is 3.37. The van der Waals surface area contributed by atoms with Crippen LogP contribution in [0.3, 0.4) is 0 Å². The molecular weight excluding hydrogens is 364 g/mol. The molecule has 6 nitrogen and oxygen atoms in total. The van der Waals surface area contributed by atoms with E-state index in [1.807, 2.05) is 35.7 Å². The highest BCUT2D eigenvalue weighted by molar-refractivity contribution is 7.09. The number of thiophene rings is 1. The lowest BCUT2D eigenvalue weighted by Gasteiger charge is -2.31. The van der Waals surface area contributed by atoms with Crippen LogP contribution in [0.25, 0.3) is 0 Å². The van der Waals surface area contributed by atoms with E-state index in [0.29, 0.717) is 30.3 Å². The smallest absolute Gasteiger partial charge is 0.265 e. The number of para-hydroxylation sites is 2. The van der Waals surface area contributed by atoms with E-state index in [-0.39, 0.29) is 25.0 Å². The summed E-state index contributed by atoms with van der Waals surface area (Å²) < 4.78 is 10.9. The molecule has 4 rings (SSSR count). The van der Waals surface area contributed by atoms with Crippen LogP contribution in [0, 0.1) is 0 Å². The summed E-state index contributed by atoms with van der Waals surface area (Å²) in [5.41, 5.74) is 0.621. The second kappa shape index (κ2) is 7.67. The van der Waals surface area contributed by atoms with Crippen molar-refractivity contribution in [2.45, 2.75) is 13.1 Å². The minimum Gasteiger partial charge on any atom is -0.482 e. The maximum absolute atomic E-state index is 13.1. The number of fused-ring (bicyclic) bond motifs is 1. The first kappa shape index (κ1) is 17.4. The fourth-order valence-electron chi connectivity index (χ4n) is 2.98. The third-order valence-electron chi connectivity index (χ3n) is 4.31. The highest BCUT2D eigenvalue weighted by Gasteiger charge is 2.29. The van der Waals surface area contributed by atoms with Gasteiger partial charge in [-0.1, -0.05) is 18.2 Å². The molecule has 2 amide bonds. The normalized spacial score (nSPS) is 13.2. The lowest BCUT2D eigenvalue weighted by Crippen LogP contribution is -2.46. The Bertz CT molecular complexity index is 885. The van der Waals surface area contributed by atoms with Crippen molar-refractivity contribution < 1.29 is 18.7 Å². The zero-order valence-corrected chi connectivity index (χ0v) is 15.4. The first-order valence-corrected chi connectivity index (χ1v) is 9.43. The van der Waals surface area contributed by atoms with Crippen LogP contribution in [0.15, 0.2) is 64.6 Å². The molecule has 0 saturated carbocycles. The molecule has 7 heteroatoms. The minimum atomic E-state index is -0.226. The lowest BCUT2D eigenvalue weighted by molar-refractivity contribution is -0.133. The quantitative estimate of drug-likeness (QED) is 0.656. The second-order valence-corrected chi connectivity index (χ2v) is 7.18. The molecule has 0 saturated heterocycles. The van der Waals surface area contributed by atoms with E-state index in [4.69, 9.17) is 9.15 Å². The molecular formula is C20H18N2O4S. The molecule has 3 heterocycles. The van der Waals surface area contributed by atoms with Crippen molar-refractivity contribution in [3.8, 4) is 5.75 Å². The molecule has 0 radical (unpaired) electrons. The Labute approximate surface area is 160 Å². The van der Waals surface area contributed by atoms with Crippen molar-refractivity contribution in [1.29, 1.82) is 0 Å². The Morgan fingerprint density at radius 3 is 2.78 bits per heavy atom. The molecule has 0 bridgehead atoms. The summed E-state index contributed by atoms with van der Waals surface area (Å²) in [4.78, 5) is 29.7. The molecule has 138 valence electrons. The topological polar surface area (TPSA) is 63.0 Å². The number of ether oxygens (including phenoxy) is 1. The highest BCUT2D eigenvalue weighted by Crippen LogP contribution is 2.31. The van der Waals surface area contributed by atoms with Gasteiger partial charge in [0.15, 0.2) is 6.61 Å². The van der Waals surface area contributed by atoms with Crippen molar-refractivity contribution in [1.82, 2.24) is 4.90 Å². The predicted molar refractivity (Wildman–Crippen MR) is 102 cm³/mol. The first-order chi connectivity index (χ1) is 13.2. The van der Waals surface area contributed by atoms with Gasteiger partial charge in [-0.15, -0.1) is 11.3 Å². The summed E-state index contributed by atoms with van der Waals surface area (Å²) in [6.45, 7) is 0.722. The van der Waals surface area contributed by atoms with Crippen molar-refractivity contribution in [3.05, 3.63) is 70.8 Å². The van der Waals surface area contributed by atoms with E-state index in [1.165, 1.54) is 4.90 Å². The standard InChI is InChI=1S/C20H18N2O4S/c23-19(13-22-17-7-1-2-8-18(17)26-14-20(22)24)21(11-15-5-3-9-25-15)12-16-6-4-10-27-16/h1-10H,11-14H2. The van der Waals surface area contributed by atoms with Gasteiger partial charge in [0.05, 0.1) is 25.0 Å². The van der Waals surface area contributed by atoms with Gasteiger partial charge in [-0.2, -0.15) is 0 Å². The summed E-state index contributed by atoms with van der Waals surface area (Å²) in [6.07, 6.45) is 1.59. The molecule has 1 aromatic carbocycles. The molecule has 0 atom stereocenters. The number of carbonyl (C=O) groups excluding carboxylic acids is 2. The Morgan fingerprint density at radius 1 is 1.11 bits per heavy atom. The van der Waals surface area contributed by atoms with E-state index in [1.54, 1.807) is 40.7 Å². The van der Waals surface area contributed by atoms with Crippen molar-refractivity contribution in [2.75, 3.05) is 18.1 Å². The Hall–Kier alpha value is -3.06. The molecule has 0 unspecified atom stereocenters. The van der Waals surface area contributed by atoms with Crippen molar-refractivity contribution in [3.63, 3.8) is 0 Å². The first-order valence-electron chi connectivity index (χ1n) is 8.55. The van der Waals surface area contributed by atoms with E-state index in [9.17, 15) is 9.59 Å². The Kier molecular flexibility index (Phi) is 4.93. The summed E-state index contributed by atoms with van der Waals surface area (Å²) in [5.74, 6) is 0.940. The van der Waals surface area contributed by atoms with E-state index >= 15 is 0 Å². The maximum Gasteiger partial charge on any atom is 0.265 e. The molecule has 0 aliphatic carbocycles. The number of carbonyl (C=O) groups is 2. The lowest BCUT2D eigenvalue weighted by atomic mass is 10.2. The van der Waals surface area contributed by atoms with Gasteiger partial charge in [0.25, 0.3) is 5.91 Å². The zero-order chi connectivity index (χ0) is 18.6. The molecule has 0 fully saturated rings. The molecule has 2 aromatic heterocycles. The van der Waals surface area contributed by atoms with Crippen molar-refractivity contribution in [2.24, 2.45) is 0 Å². The molecule has 27 heavy (non-hydrogen) atoms. The predicted octanol–water partition coefficient (Wildman–Crippen LogP) is 3.30. The molecule has 3 aromatic rings. The summed E-state index contributed by atoms with van der Waals surface area (Å²) in [7, 11) is 0. The number of rotatable bonds is 6. The second-order valence-electron chi connectivity index (χ2n) is 6.14. The molecule has 0 spiro atoms. The van der Waals surface area contributed by atoms with Crippen LogP contribution in [-0.2, 0) is 22.7 Å². The summed E-state index contributed by atoms with van der Waals surface area (Å²) >= 11 is 1.59. The average molecular weight is 382 g/mol. The van der Waals surface area contributed by atoms with Crippen molar-refractivity contribution >= 4 is 28.8 Å². The fourth-order valence-corrected chi connectivity index (χ4v) is 3.70. The number of nitrogens with zero attached hydrogens (tertiary/aromatic N) is 2. The monoisotopic (exact) mass is 382 g/mol. The minimum absolute atomic E-state index is 0.0364. The number of hydrogen-bond donors (Lipinski definition) is 0. The third kappa shape index (κ3) is 3.88. The van der Waals surface area contributed by atoms with Crippen LogP contribution in [-0.4, -0.2) is 29.9 Å². The van der Waals surface area contributed by atoms with Gasteiger partial charge < -0.3 is 14.1 Å². The summed E-state index contributed by atoms with van der Waals surface area (Å²) in [5, 5.41) is 1.98. The number of benzene rings is 1. The van der Waals surface area contributed by atoms with Crippen LogP contribution in [0.2, 0.25) is 0 Å². The zero-order valence-electron chi connectivity index (χ0n) is 14.5. The number of anilines is 1. The largest absolute Gasteiger partial charge is 0.482 e. The van der Waals surface area contributed by atoms with Gasteiger partial charge in [-0.05, 0) is 35.7 Å². The SMILES string of the molecule is O=C(CN1C(=O)COc2ccccc21)N(Cc1ccco1)Cc1cccs1. The molecule has 0 N–H and O–H groups in total. The van der Waals surface area contributed by atoms with Crippen LogP contribution in [0.5, 0.6) is 5.75 Å². The Balaban J connectivity index is 1.55.